The third kappa shape index (κ3) is 3.10. The number of benzene rings is 1. The van der Waals surface area contributed by atoms with Crippen LogP contribution in [0.5, 0.6) is 5.75 Å². The highest BCUT2D eigenvalue weighted by atomic mass is 16.5. The van der Waals surface area contributed by atoms with Crippen LogP contribution >= 0.6 is 0 Å². The maximum absolute atomic E-state index is 5.62. The normalized spacial score (nSPS) is 18.3. The zero-order valence-electron chi connectivity index (χ0n) is 12.5. The number of methoxy groups -OCH3 is 1. The Labute approximate surface area is 116 Å². The Kier molecular flexibility index (Phi) is 4.83. The van der Waals surface area contributed by atoms with Crippen LogP contribution in [0.15, 0.2) is 12.1 Å². The molecule has 106 valence electrons. The van der Waals surface area contributed by atoms with E-state index in [4.69, 9.17) is 4.74 Å². The molecule has 2 N–H and O–H groups in total. The van der Waals surface area contributed by atoms with Crippen molar-refractivity contribution in [3.63, 3.8) is 0 Å². The van der Waals surface area contributed by atoms with Crippen molar-refractivity contribution in [1.82, 2.24) is 10.6 Å². The van der Waals surface area contributed by atoms with E-state index in [2.05, 4.69) is 43.7 Å². The van der Waals surface area contributed by atoms with Crippen LogP contribution in [0, 0.1) is 19.8 Å². The minimum atomic E-state index is 0.387. The number of nitrogens with one attached hydrogen (secondary N) is 2. The maximum atomic E-state index is 5.62. The van der Waals surface area contributed by atoms with Crippen molar-refractivity contribution in [2.24, 2.45) is 5.92 Å². The third-order valence-electron chi connectivity index (χ3n) is 4.19. The van der Waals surface area contributed by atoms with Gasteiger partial charge in [-0.2, -0.15) is 0 Å². The van der Waals surface area contributed by atoms with Crippen LogP contribution in [0.2, 0.25) is 0 Å². The molecule has 1 aliphatic rings. The second-order valence-electron chi connectivity index (χ2n) is 5.55. The number of rotatable bonds is 4. The minimum absolute atomic E-state index is 0.387. The van der Waals surface area contributed by atoms with Crippen LogP contribution in [0.25, 0.3) is 0 Å². The lowest BCUT2D eigenvalue weighted by atomic mass is 9.83. The first kappa shape index (κ1) is 14.4. The molecule has 1 atom stereocenters. The van der Waals surface area contributed by atoms with Crippen LogP contribution in [-0.4, -0.2) is 27.2 Å². The fourth-order valence-corrected chi connectivity index (χ4v) is 3.30. The molecule has 1 unspecified atom stereocenters. The predicted molar refractivity (Wildman–Crippen MR) is 79.9 cm³/mol. The lowest BCUT2D eigenvalue weighted by molar-refractivity contribution is 0.285. The molecule has 0 spiro atoms. The summed E-state index contributed by atoms with van der Waals surface area (Å²) in [7, 11) is 3.83. The van der Waals surface area contributed by atoms with Crippen molar-refractivity contribution in [2.45, 2.75) is 32.7 Å². The number of piperidine rings is 1. The molecule has 1 aliphatic heterocycles. The Hall–Kier alpha value is -1.06. The first-order valence-corrected chi connectivity index (χ1v) is 7.20. The van der Waals surface area contributed by atoms with E-state index < -0.39 is 0 Å². The van der Waals surface area contributed by atoms with Gasteiger partial charge >= 0.3 is 0 Å². The fraction of sp³-hybridized carbons (Fsp3) is 0.625. The Morgan fingerprint density at radius 2 is 1.95 bits per heavy atom. The van der Waals surface area contributed by atoms with Gasteiger partial charge in [0.1, 0.15) is 5.75 Å². The molecule has 3 nitrogen and oxygen atoms in total. The van der Waals surface area contributed by atoms with E-state index in [-0.39, 0.29) is 0 Å². The van der Waals surface area contributed by atoms with Gasteiger partial charge in [-0.1, -0.05) is 6.07 Å². The van der Waals surface area contributed by atoms with Gasteiger partial charge in [-0.3, -0.25) is 0 Å². The summed E-state index contributed by atoms with van der Waals surface area (Å²) in [4.78, 5) is 0. The zero-order chi connectivity index (χ0) is 13.8. The van der Waals surface area contributed by atoms with Crippen molar-refractivity contribution >= 4 is 0 Å². The Balaban J connectivity index is 2.36. The molecule has 1 aromatic carbocycles. The minimum Gasteiger partial charge on any atom is -0.496 e. The average molecular weight is 262 g/mol. The lowest BCUT2D eigenvalue weighted by Gasteiger charge is -2.32. The second-order valence-corrected chi connectivity index (χ2v) is 5.55. The van der Waals surface area contributed by atoms with Crippen LogP contribution < -0.4 is 15.4 Å². The Morgan fingerprint density at radius 1 is 1.26 bits per heavy atom. The molecule has 1 heterocycles. The zero-order valence-corrected chi connectivity index (χ0v) is 12.5. The molecule has 0 bridgehead atoms. The molecular weight excluding hydrogens is 236 g/mol. The van der Waals surface area contributed by atoms with Crippen molar-refractivity contribution in [2.75, 3.05) is 27.2 Å². The molecule has 2 rings (SSSR count). The van der Waals surface area contributed by atoms with E-state index in [1.807, 2.05) is 0 Å². The first-order valence-electron chi connectivity index (χ1n) is 7.20. The van der Waals surface area contributed by atoms with Gasteiger partial charge in [0, 0.05) is 11.6 Å². The van der Waals surface area contributed by atoms with Gasteiger partial charge in [0.05, 0.1) is 7.11 Å². The molecule has 0 aromatic heterocycles. The van der Waals surface area contributed by atoms with Crippen molar-refractivity contribution in [3.05, 3.63) is 28.8 Å². The molecular formula is C16H26N2O. The third-order valence-corrected chi connectivity index (χ3v) is 4.19. The van der Waals surface area contributed by atoms with E-state index in [1.165, 1.54) is 29.5 Å². The lowest BCUT2D eigenvalue weighted by Crippen LogP contribution is -2.35. The number of ether oxygens (including phenoxy) is 1. The standard InChI is InChI=1S/C16H26N2O/c1-11-9-12(2)15(14(10-11)19-4)16(17-3)13-5-7-18-8-6-13/h9-10,13,16-18H,5-8H2,1-4H3. The van der Waals surface area contributed by atoms with Gasteiger partial charge in [-0.05, 0) is 69.9 Å². The van der Waals surface area contributed by atoms with Gasteiger partial charge in [0.15, 0.2) is 0 Å². The topological polar surface area (TPSA) is 33.3 Å². The molecule has 3 heteroatoms. The van der Waals surface area contributed by atoms with Crippen LogP contribution in [0.3, 0.4) is 0 Å². The summed E-state index contributed by atoms with van der Waals surface area (Å²) in [5.74, 6) is 1.71. The van der Waals surface area contributed by atoms with Gasteiger partial charge in [-0.25, -0.2) is 0 Å². The predicted octanol–water partition coefficient (Wildman–Crippen LogP) is 2.57. The molecule has 19 heavy (non-hydrogen) atoms. The molecule has 0 amide bonds. The summed E-state index contributed by atoms with van der Waals surface area (Å²) in [6.07, 6.45) is 2.45. The number of hydrogen-bond donors (Lipinski definition) is 2. The van der Waals surface area contributed by atoms with Gasteiger partial charge in [0.25, 0.3) is 0 Å². The van der Waals surface area contributed by atoms with Crippen molar-refractivity contribution in [3.8, 4) is 5.75 Å². The summed E-state index contributed by atoms with van der Waals surface area (Å²) in [6.45, 7) is 6.56. The van der Waals surface area contributed by atoms with E-state index >= 15 is 0 Å². The smallest absolute Gasteiger partial charge is 0.124 e. The average Bonchev–Trinajstić information content (AvgIpc) is 2.42. The molecule has 1 fully saturated rings. The molecule has 0 aliphatic carbocycles. The molecule has 0 radical (unpaired) electrons. The first-order chi connectivity index (χ1) is 9.17. The van der Waals surface area contributed by atoms with Crippen molar-refractivity contribution < 1.29 is 4.74 Å². The maximum Gasteiger partial charge on any atom is 0.124 e. The SMILES string of the molecule is CNC(c1c(C)cc(C)cc1OC)C1CCNCC1. The second kappa shape index (κ2) is 6.40. The van der Waals surface area contributed by atoms with Crippen LogP contribution in [0.4, 0.5) is 0 Å². The summed E-state index contributed by atoms with van der Waals surface area (Å²) in [5, 5.41) is 6.95. The Morgan fingerprint density at radius 3 is 2.53 bits per heavy atom. The largest absolute Gasteiger partial charge is 0.496 e. The highest BCUT2D eigenvalue weighted by Crippen LogP contribution is 2.36. The van der Waals surface area contributed by atoms with Gasteiger partial charge in [0.2, 0.25) is 0 Å². The van der Waals surface area contributed by atoms with Crippen LogP contribution in [-0.2, 0) is 0 Å². The van der Waals surface area contributed by atoms with Gasteiger partial charge < -0.3 is 15.4 Å². The Bertz CT molecular complexity index is 425. The van der Waals surface area contributed by atoms with Gasteiger partial charge in [-0.15, -0.1) is 0 Å². The van der Waals surface area contributed by atoms with E-state index in [9.17, 15) is 0 Å². The molecule has 0 saturated carbocycles. The fourth-order valence-electron chi connectivity index (χ4n) is 3.30. The van der Waals surface area contributed by atoms with E-state index in [0.717, 1.165) is 18.8 Å². The monoisotopic (exact) mass is 262 g/mol. The van der Waals surface area contributed by atoms with E-state index in [0.29, 0.717) is 12.0 Å². The molecule has 1 aromatic rings. The molecule has 1 saturated heterocycles. The summed E-state index contributed by atoms with van der Waals surface area (Å²) in [6, 6.07) is 4.79. The quantitative estimate of drug-likeness (QED) is 0.875. The van der Waals surface area contributed by atoms with Crippen LogP contribution in [0.1, 0.15) is 35.6 Å². The summed E-state index contributed by atoms with van der Waals surface area (Å²) >= 11 is 0. The highest BCUT2D eigenvalue weighted by molar-refractivity contribution is 5.45. The summed E-state index contributed by atoms with van der Waals surface area (Å²) < 4.78 is 5.62. The number of aryl methyl sites for hydroxylation is 2. The van der Waals surface area contributed by atoms with Crippen molar-refractivity contribution in [1.29, 1.82) is 0 Å². The summed E-state index contributed by atoms with van der Waals surface area (Å²) in [5.41, 5.74) is 3.93. The number of hydrogen-bond acceptors (Lipinski definition) is 3. The highest BCUT2D eigenvalue weighted by Gasteiger charge is 2.27. The van der Waals surface area contributed by atoms with E-state index in [1.54, 1.807) is 7.11 Å².